The van der Waals surface area contributed by atoms with E-state index in [9.17, 15) is 9.59 Å². The summed E-state index contributed by atoms with van der Waals surface area (Å²) in [7, 11) is 0. The third-order valence-electron chi connectivity index (χ3n) is 5.52. The van der Waals surface area contributed by atoms with Gasteiger partial charge in [0.1, 0.15) is 4.88 Å². The van der Waals surface area contributed by atoms with Crippen molar-refractivity contribution < 1.29 is 23.8 Å². The highest BCUT2D eigenvalue weighted by molar-refractivity contribution is 7.14. The first kappa shape index (κ1) is 19.8. The average molecular weight is 416 g/mol. The van der Waals surface area contributed by atoms with Crippen molar-refractivity contribution in [2.24, 2.45) is 5.92 Å². The summed E-state index contributed by atoms with van der Waals surface area (Å²) in [6, 6.07) is 7.46. The van der Waals surface area contributed by atoms with Crippen molar-refractivity contribution in [3.63, 3.8) is 0 Å². The normalized spacial score (nSPS) is 18.1. The smallest absolute Gasteiger partial charge is 0.349 e. The largest absolute Gasteiger partial charge is 0.454 e. The van der Waals surface area contributed by atoms with E-state index in [2.05, 4.69) is 12.2 Å². The molecular weight excluding hydrogens is 390 g/mol. The minimum absolute atomic E-state index is 0.212. The number of benzene rings is 1. The van der Waals surface area contributed by atoms with Gasteiger partial charge < -0.3 is 19.5 Å². The summed E-state index contributed by atoms with van der Waals surface area (Å²) in [5, 5.41) is 2.80. The summed E-state index contributed by atoms with van der Waals surface area (Å²) < 4.78 is 16.0. The van der Waals surface area contributed by atoms with Gasteiger partial charge >= 0.3 is 5.97 Å². The predicted molar refractivity (Wildman–Crippen MR) is 109 cm³/mol. The molecule has 0 unspecified atom stereocenters. The molecule has 0 spiro atoms. The summed E-state index contributed by atoms with van der Waals surface area (Å²) in [5.74, 6) is 1.31. The lowest BCUT2D eigenvalue weighted by Crippen LogP contribution is -2.35. The van der Waals surface area contributed by atoms with Crippen molar-refractivity contribution in [2.75, 3.05) is 6.79 Å². The monoisotopic (exact) mass is 415 g/mol. The number of rotatable bonds is 6. The molecule has 4 rings (SSSR count). The van der Waals surface area contributed by atoms with Crippen molar-refractivity contribution in [1.29, 1.82) is 0 Å². The van der Waals surface area contributed by atoms with Gasteiger partial charge in [0, 0.05) is 11.4 Å². The lowest BCUT2D eigenvalue weighted by Gasteiger charge is -2.19. The van der Waals surface area contributed by atoms with Gasteiger partial charge in [-0.1, -0.05) is 19.4 Å². The van der Waals surface area contributed by atoms with Crippen LogP contribution in [-0.2, 0) is 28.9 Å². The molecule has 1 aliphatic carbocycles. The van der Waals surface area contributed by atoms with Crippen molar-refractivity contribution in [2.45, 2.75) is 52.2 Å². The first-order chi connectivity index (χ1) is 14.0. The Balaban J connectivity index is 1.30. The highest BCUT2D eigenvalue weighted by Gasteiger charge is 2.25. The Morgan fingerprint density at radius 1 is 1.28 bits per heavy atom. The van der Waals surface area contributed by atoms with E-state index in [-0.39, 0.29) is 12.7 Å². The van der Waals surface area contributed by atoms with E-state index in [0.29, 0.717) is 28.8 Å². The summed E-state index contributed by atoms with van der Waals surface area (Å²) in [4.78, 5) is 26.7. The van der Waals surface area contributed by atoms with Crippen LogP contribution in [0.3, 0.4) is 0 Å². The maximum absolute atomic E-state index is 12.5. The molecule has 0 fully saturated rings. The summed E-state index contributed by atoms with van der Waals surface area (Å²) >= 11 is 1.50. The standard InChI is InChI=1S/C22H25NO5S/c1-3-14-5-7-19-16(8-14)10-20(29-19)22(25)28-13(2)21(24)23-11-15-4-6-17-18(9-15)27-12-26-17/h4,6,9-10,13-14H,3,5,7-8,11-12H2,1-2H3,(H,23,24)/t13-,14+/m0/s1. The van der Waals surface area contributed by atoms with Crippen molar-refractivity contribution in [3.8, 4) is 11.5 Å². The van der Waals surface area contributed by atoms with Gasteiger partial charge in [-0.25, -0.2) is 4.79 Å². The molecule has 2 aromatic rings. The zero-order chi connectivity index (χ0) is 20.4. The van der Waals surface area contributed by atoms with Crippen LogP contribution in [0.15, 0.2) is 24.3 Å². The Labute approximate surface area is 174 Å². The van der Waals surface area contributed by atoms with Crippen LogP contribution in [0.4, 0.5) is 0 Å². The van der Waals surface area contributed by atoms with Crippen LogP contribution in [0.2, 0.25) is 0 Å². The average Bonchev–Trinajstić information content (AvgIpc) is 3.37. The Kier molecular flexibility index (Phi) is 5.76. The van der Waals surface area contributed by atoms with E-state index in [1.807, 2.05) is 24.3 Å². The molecule has 2 aliphatic rings. The fourth-order valence-electron chi connectivity index (χ4n) is 3.70. The van der Waals surface area contributed by atoms with E-state index in [4.69, 9.17) is 14.2 Å². The predicted octanol–water partition coefficient (Wildman–Crippen LogP) is 3.85. The van der Waals surface area contributed by atoms with E-state index < -0.39 is 12.1 Å². The first-order valence-electron chi connectivity index (χ1n) is 10.0. The number of fused-ring (bicyclic) bond motifs is 2. The van der Waals surface area contributed by atoms with Gasteiger partial charge in [0.15, 0.2) is 17.6 Å². The van der Waals surface area contributed by atoms with E-state index >= 15 is 0 Å². The summed E-state index contributed by atoms with van der Waals surface area (Å²) in [5.41, 5.74) is 2.15. The Morgan fingerprint density at radius 3 is 2.93 bits per heavy atom. The quantitative estimate of drug-likeness (QED) is 0.726. The van der Waals surface area contributed by atoms with Gasteiger partial charge in [-0.15, -0.1) is 11.3 Å². The molecule has 2 atom stereocenters. The van der Waals surface area contributed by atoms with E-state index in [1.54, 1.807) is 6.92 Å². The first-order valence-corrected chi connectivity index (χ1v) is 10.8. The molecule has 0 saturated heterocycles. The van der Waals surface area contributed by atoms with Crippen LogP contribution in [-0.4, -0.2) is 24.8 Å². The number of ether oxygens (including phenoxy) is 3. The zero-order valence-corrected chi connectivity index (χ0v) is 17.5. The van der Waals surface area contributed by atoms with Crippen LogP contribution in [0, 0.1) is 5.92 Å². The van der Waals surface area contributed by atoms with Gasteiger partial charge in [-0.3, -0.25) is 4.79 Å². The fraction of sp³-hybridized carbons (Fsp3) is 0.455. The minimum Gasteiger partial charge on any atom is -0.454 e. The number of hydrogen-bond acceptors (Lipinski definition) is 6. The SMILES string of the molecule is CC[C@@H]1CCc2sc(C(=O)O[C@@H](C)C(=O)NCc3ccc4c(c3)OCO4)cc2C1. The van der Waals surface area contributed by atoms with E-state index in [1.165, 1.54) is 28.2 Å². The maximum atomic E-state index is 12.5. The molecule has 1 aromatic carbocycles. The zero-order valence-electron chi connectivity index (χ0n) is 16.7. The second kappa shape index (κ2) is 8.45. The van der Waals surface area contributed by atoms with Crippen LogP contribution >= 0.6 is 11.3 Å². The third-order valence-corrected chi connectivity index (χ3v) is 6.74. The molecule has 1 aliphatic heterocycles. The fourth-order valence-corrected chi connectivity index (χ4v) is 4.80. The third kappa shape index (κ3) is 4.40. The Morgan fingerprint density at radius 2 is 2.10 bits per heavy atom. The highest BCUT2D eigenvalue weighted by atomic mass is 32.1. The second-order valence-corrected chi connectivity index (χ2v) is 8.67. The van der Waals surface area contributed by atoms with Crippen molar-refractivity contribution in [1.82, 2.24) is 5.32 Å². The summed E-state index contributed by atoms with van der Waals surface area (Å²) in [6.07, 6.45) is 3.53. The number of carbonyl (C=O) groups excluding carboxylic acids is 2. The van der Waals surface area contributed by atoms with Crippen molar-refractivity contribution in [3.05, 3.63) is 45.1 Å². The number of carbonyl (C=O) groups is 2. The van der Waals surface area contributed by atoms with Gasteiger partial charge in [0.2, 0.25) is 6.79 Å². The van der Waals surface area contributed by atoms with Crippen LogP contribution in [0.5, 0.6) is 11.5 Å². The molecular formula is C22H25NO5S. The molecule has 6 nitrogen and oxygen atoms in total. The van der Waals surface area contributed by atoms with Gasteiger partial charge in [0.05, 0.1) is 0 Å². The molecule has 1 amide bonds. The summed E-state index contributed by atoms with van der Waals surface area (Å²) in [6.45, 7) is 4.33. The molecule has 1 aromatic heterocycles. The number of amides is 1. The maximum Gasteiger partial charge on any atom is 0.349 e. The molecule has 0 radical (unpaired) electrons. The molecule has 0 saturated carbocycles. The van der Waals surface area contributed by atoms with E-state index in [0.717, 1.165) is 24.8 Å². The number of thiophene rings is 1. The van der Waals surface area contributed by atoms with Crippen LogP contribution in [0.1, 0.15) is 52.4 Å². The molecule has 2 heterocycles. The number of hydrogen-bond donors (Lipinski definition) is 1. The lowest BCUT2D eigenvalue weighted by atomic mass is 9.87. The molecule has 29 heavy (non-hydrogen) atoms. The minimum atomic E-state index is -0.862. The Hall–Kier alpha value is -2.54. The van der Waals surface area contributed by atoms with Crippen molar-refractivity contribution >= 4 is 23.2 Å². The number of nitrogens with one attached hydrogen (secondary N) is 1. The lowest BCUT2D eigenvalue weighted by molar-refractivity contribution is -0.129. The van der Waals surface area contributed by atoms with Crippen LogP contribution in [0.25, 0.3) is 0 Å². The van der Waals surface area contributed by atoms with Gasteiger partial charge in [-0.2, -0.15) is 0 Å². The Bertz CT molecular complexity index is 922. The highest BCUT2D eigenvalue weighted by Crippen LogP contribution is 2.34. The molecule has 0 bridgehead atoms. The molecule has 7 heteroatoms. The molecule has 1 N–H and O–H groups in total. The number of aryl methyl sites for hydroxylation is 1. The molecule has 154 valence electrons. The van der Waals surface area contributed by atoms with Crippen LogP contribution < -0.4 is 14.8 Å². The van der Waals surface area contributed by atoms with Gasteiger partial charge in [0.25, 0.3) is 5.91 Å². The number of esters is 1. The topological polar surface area (TPSA) is 73.9 Å². The second-order valence-electron chi connectivity index (χ2n) is 7.53. The van der Waals surface area contributed by atoms with Gasteiger partial charge in [-0.05, 0) is 61.4 Å².